The fourth-order valence-corrected chi connectivity index (χ4v) is 3.20. The van der Waals surface area contributed by atoms with Crippen LogP contribution in [0.25, 0.3) is 0 Å². The van der Waals surface area contributed by atoms with Crippen molar-refractivity contribution >= 4 is 5.91 Å². The standard InChI is InChI=1S/C20H24N2O2/c21-19(23)20(12-4-5-13-20)22-14-16-8-10-18(11-9-16)24-15-17-6-2-1-3-7-17/h1-3,6-11,22H,4-5,12-15H2,(H2,21,23). The molecule has 24 heavy (non-hydrogen) atoms. The highest BCUT2D eigenvalue weighted by Crippen LogP contribution is 2.29. The van der Waals surface area contributed by atoms with Gasteiger partial charge in [0.1, 0.15) is 12.4 Å². The van der Waals surface area contributed by atoms with Gasteiger partial charge in [-0.1, -0.05) is 55.3 Å². The van der Waals surface area contributed by atoms with Crippen LogP contribution in [0.1, 0.15) is 36.8 Å². The molecule has 4 heteroatoms. The highest BCUT2D eigenvalue weighted by molar-refractivity contribution is 5.85. The lowest BCUT2D eigenvalue weighted by atomic mass is 9.96. The summed E-state index contributed by atoms with van der Waals surface area (Å²) in [7, 11) is 0. The average molecular weight is 324 g/mol. The average Bonchev–Trinajstić information content (AvgIpc) is 3.10. The van der Waals surface area contributed by atoms with E-state index in [0.717, 1.165) is 42.6 Å². The number of ether oxygens (including phenoxy) is 1. The van der Waals surface area contributed by atoms with Crippen molar-refractivity contribution in [3.63, 3.8) is 0 Å². The number of nitrogens with two attached hydrogens (primary N) is 1. The molecule has 0 spiro atoms. The molecule has 0 bridgehead atoms. The lowest BCUT2D eigenvalue weighted by molar-refractivity contribution is -0.124. The molecular weight excluding hydrogens is 300 g/mol. The van der Waals surface area contributed by atoms with Crippen LogP contribution in [-0.2, 0) is 17.9 Å². The Kier molecular flexibility index (Phi) is 5.16. The van der Waals surface area contributed by atoms with E-state index in [-0.39, 0.29) is 5.91 Å². The fraction of sp³-hybridized carbons (Fsp3) is 0.350. The molecule has 2 aromatic carbocycles. The van der Waals surface area contributed by atoms with E-state index in [4.69, 9.17) is 10.5 Å². The molecule has 0 atom stereocenters. The Hall–Kier alpha value is -2.33. The number of carbonyl (C=O) groups is 1. The van der Waals surface area contributed by atoms with Gasteiger partial charge in [0, 0.05) is 6.54 Å². The van der Waals surface area contributed by atoms with Gasteiger partial charge >= 0.3 is 0 Å². The number of rotatable bonds is 7. The molecule has 1 aliphatic rings. The van der Waals surface area contributed by atoms with Gasteiger partial charge in [-0.05, 0) is 36.1 Å². The van der Waals surface area contributed by atoms with Gasteiger partial charge in [-0.25, -0.2) is 0 Å². The second-order valence-corrected chi connectivity index (χ2v) is 6.43. The number of carbonyl (C=O) groups excluding carboxylic acids is 1. The van der Waals surface area contributed by atoms with Gasteiger partial charge in [-0.15, -0.1) is 0 Å². The van der Waals surface area contributed by atoms with Crippen molar-refractivity contribution in [1.82, 2.24) is 5.32 Å². The maximum atomic E-state index is 11.8. The molecule has 0 unspecified atom stereocenters. The molecule has 3 N–H and O–H groups in total. The zero-order valence-corrected chi connectivity index (χ0v) is 13.8. The Balaban J connectivity index is 1.54. The zero-order valence-electron chi connectivity index (χ0n) is 13.8. The van der Waals surface area contributed by atoms with E-state index < -0.39 is 5.54 Å². The lowest BCUT2D eigenvalue weighted by Gasteiger charge is -2.26. The van der Waals surface area contributed by atoms with Crippen LogP contribution in [0.3, 0.4) is 0 Å². The normalized spacial score (nSPS) is 16.0. The summed E-state index contributed by atoms with van der Waals surface area (Å²) in [4.78, 5) is 11.8. The second kappa shape index (κ2) is 7.49. The third-order valence-electron chi connectivity index (χ3n) is 4.73. The fourth-order valence-electron chi connectivity index (χ4n) is 3.20. The molecule has 4 nitrogen and oxygen atoms in total. The Labute approximate surface area is 143 Å². The van der Waals surface area contributed by atoms with E-state index >= 15 is 0 Å². The van der Waals surface area contributed by atoms with Crippen molar-refractivity contribution in [2.75, 3.05) is 0 Å². The van der Waals surface area contributed by atoms with Crippen LogP contribution in [0.2, 0.25) is 0 Å². The number of primary amides is 1. The first-order chi connectivity index (χ1) is 11.7. The van der Waals surface area contributed by atoms with E-state index in [1.807, 2.05) is 54.6 Å². The molecular formula is C20H24N2O2. The van der Waals surface area contributed by atoms with Crippen molar-refractivity contribution in [1.29, 1.82) is 0 Å². The predicted octanol–water partition coefficient (Wildman–Crippen LogP) is 3.15. The monoisotopic (exact) mass is 324 g/mol. The van der Waals surface area contributed by atoms with Crippen LogP contribution in [0.5, 0.6) is 5.75 Å². The van der Waals surface area contributed by atoms with Crippen LogP contribution >= 0.6 is 0 Å². The Bertz CT molecular complexity index is 662. The SMILES string of the molecule is NC(=O)C1(NCc2ccc(OCc3ccccc3)cc2)CCCC1. The van der Waals surface area contributed by atoms with Crippen LogP contribution in [0, 0.1) is 0 Å². The van der Waals surface area contributed by atoms with Gasteiger partial charge in [0.2, 0.25) is 5.91 Å². The minimum atomic E-state index is -0.525. The third-order valence-corrected chi connectivity index (χ3v) is 4.73. The maximum Gasteiger partial charge on any atom is 0.237 e. The van der Waals surface area contributed by atoms with Gasteiger partial charge in [-0.3, -0.25) is 10.1 Å². The minimum Gasteiger partial charge on any atom is -0.489 e. The van der Waals surface area contributed by atoms with Gasteiger partial charge in [0.15, 0.2) is 0 Å². The predicted molar refractivity (Wildman–Crippen MR) is 94.4 cm³/mol. The summed E-state index contributed by atoms with van der Waals surface area (Å²) in [6, 6.07) is 18.1. The van der Waals surface area contributed by atoms with Gasteiger partial charge in [0.25, 0.3) is 0 Å². The summed E-state index contributed by atoms with van der Waals surface area (Å²) in [5.41, 5.74) is 7.34. The summed E-state index contributed by atoms with van der Waals surface area (Å²) in [5.74, 6) is 0.607. The molecule has 1 saturated carbocycles. The third kappa shape index (κ3) is 3.95. The Morgan fingerprint density at radius 3 is 2.29 bits per heavy atom. The first-order valence-corrected chi connectivity index (χ1v) is 8.49. The molecule has 0 radical (unpaired) electrons. The molecule has 126 valence electrons. The Morgan fingerprint density at radius 2 is 1.67 bits per heavy atom. The van der Waals surface area contributed by atoms with E-state index in [0.29, 0.717) is 13.2 Å². The van der Waals surface area contributed by atoms with E-state index in [2.05, 4.69) is 5.32 Å². The first kappa shape index (κ1) is 16.5. The van der Waals surface area contributed by atoms with Crippen molar-refractivity contribution in [3.05, 3.63) is 65.7 Å². The van der Waals surface area contributed by atoms with E-state index in [9.17, 15) is 4.79 Å². The van der Waals surface area contributed by atoms with Crippen LogP contribution in [0.4, 0.5) is 0 Å². The van der Waals surface area contributed by atoms with Crippen molar-refractivity contribution < 1.29 is 9.53 Å². The molecule has 2 aromatic rings. The highest BCUT2D eigenvalue weighted by Gasteiger charge is 2.38. The Morgan fingerprint density at radius 1 is 1.00 bits per heavy atom. The van der Waals surface area contributed by atoms with E-state index in [1.54, 1.807) is 0 Å². The van der Waals surface area contributed by atoms with Crippen molar-refractivity contribution in [2.45, 2.75) is 44.4 Å². The number of hydrogen-bond acceptors (Lipinski definition) is 3. The summed E-state index contributed by atoms with van der Waals surface area (Å²) in [6.45, 7) is 1.20. The van der Waals surface area contributed by atoms with Crippen LogP contribution in [0.15, 0.2) is 54.6 Å². The largest absolute Gasteiger partial charge is 0.489 e. The molecule has 3 rings (SSSR count). The highest BCUT2D eigenvalue weighted by atomic mass is 16.5. The molecule has 0 saturated heterocycles. The lowest BCUT2D eigenvalue weighted by Crippen LogP contribution is -2.53. The number of nitrogens with one attached hydrogen (secondary N) is 1. The van der Waals surface area contributed by atoms with Gasteiger partial charge in [0.05, 0.1) is 5.54 Å². The molecule has 1 amide bonds. The van der Waals surface area contributed by atoms with Gasteiger partial charge in [-0.2, -0.15) is 0 Å². The summed E-state index contributed by atoms with van der Waals surface area (Å²) in [6.07, 6.45) is 3.78. The molecule has 0 aliphatic heterocycles. The zero-order chi connectivity index (χ0) is 16.8. The molecule has 1 aliphatic carbocycles. The van der Waals surface area contributed by atoms with Crippen molar-refractivity contribution in [3.8, 4) is 5.75 Å². The molecule has 0 heterocycles. The smallest absolute Gasteiger partial charge is 0.237 e. The summed E-state index contributed by atoms with van der Waals surface area (Å²) >= 11 is 0. The topological polar surface area (TPSA) is 64.4 Å². The molecule has 0 aromatic heterocycles. The van der Waals surface area contributed by atoms with E-state index in [1.165, 1.54) is 0 Å². The van der Waals surface area contributed by atoms with Crippen LogP contribution < -0.4 is 15.8 Å². The molecule has 1 fully saturated rings. The van der Waals surface area contributed by atoms with Gasteiger partial charge < -0.3 is 10.5 Å². The number of hydrogen-bond donors (Lipinski definition) is 2. The van der Waals surface area contributed by atoms with Crippen molar-refractivity contribution in [2.24, 2.45) is 5.73 Å². The summed E-state index contributed by atoms with van der Waals surface area (Å²) < 4.78 is 5.79. The van der Waals surface area contributed by atoms with Crippen LogP contribution in [-0.4, -0.2) is 11.4 Å². The first-order valence-electron chi connectivity index (χ1n) is 8.49. The quantitative estimate of drug-likeness (QED) is 0.822. The summed E-state index contributed by atoms with van der Waals surface area (Å²) in [5, 5.41) is 3.37. The number of amides is 1. The maximum absolute atomic E-state index is 11.8. The second-order valence-electron chi connectivity index (χ2n) is 6.43. The minimum absolute atomic E-state index is 0.234. The number of benzene rings is 2.